The summed E-state index contributed by atoms with van der Waals surface area (Å²) in [6.45, 7) is 0. The van der Waals surface area contributed by atoms with Gasteiger partial charge in [-0.15, -0.1) is 0 Å². The smallest absolute Gasteiger partial charge is 0.142 e. The minimum Gasteiger partial charge on any atom is -0.495 e. The Kier molecular flexibility index (Phi) is 3.39. The Hall–Kier alpha value is -2.33. The van der Waals surface area contributed by atoms with Crippen LogP contribution in [0.2, 0.25) is 0 Å². The predicted octanol–water partition coefficient (Wildman–Crippen LogP) is 3.15. The second-order valence-electron chi connectivity index (χ2n) is 4.50. The van der Waals surface area contributed by atoms with Crippen molar-refractivity contribution in [2.75, 3.05) is 14.2 Å². The van der Waals surface area contributed by atoms with Crippen LogP contribution in [-0.2, 0) is 0 Å². The zero-order valence-electron chi connectivity index (χ0n) is 11.5. The van der Waals surface area contributed by atoms with Gasteiger partial charge in [0, 0.05) is 11.6 Å². The second-order valence-corrected chi connectivity index (χ2v) is 4.50. The van der Waals surface area contributed by atoms with Crippen molar-refractivity contribution >= 4 is 11.0 Å². The zero-order chi connectivity index (χ0) is 13.9. The molecule has 0 aliphatic carbocycles. The lowest BCUT2D eigenvalue weighted by molar-refractivity contribution is 0.394. The number of benzene rings is 1. The van der Waals surface area contributed by atoms with E-state index in [1.807, 2.05) is 49.5 Å². The third kappa shape index (κ3) is 2.14. The van der Waals surface area contributed by atoms with Gasteiger partial charge in [-0.2, -0.15) is 0 Å². The molecule has 0 aliphatic heterocycles. The molecule has 20 heavy (non-hydrogen) atoms. The van der Waals surface area contributed by atoms with Gasteiger partial charge in [0.05, 0.1) is 7.11 Å². The number of methoxy groups -OCH3 is 1. The van der Waals surface area contributed by atoms with E-state index in [2.05, 4.69) is 10.3 Å². The SMILES string of the molecule is CNC(c1cc2ccccc2o1)c1ncccc1OC. The van der Waals surface area contributed by atoms with Crippen molar-refractivity contribution in [2.45, 2.75) is 6.04 Å². The molecule has 0 saturated carbocycles. The molecule has 0 saturated heterocycles. The Bertz CT molecular complexity index is 688. The van der Waals surface area contributed by atoms with E-state index in [1.54, 1.807) is 13.3 Å². The number of rotatable bonds is 4. The number of fused-ring (bicyclic) bond motifs is 1. The first-order valence-electron chi connectivity index (χ1n) is 6.48. The largest absolute Gasteiger partial charge is 0.495 e. The fraction of sp³-hybridized carbons (Fsp3) is 0.188. The van der Waals surface area contributed by atoms with Gasteiger partial charge in [-0.25, -0.2) is 0 Å². The number of para-hydroxylation sites is 1. The molecule has 3 rings (SSSR count). The van der Waals surface area contributed by atoms with Gasteiger partial charge >= 0.3 is 0 Å². The normalized spacial score (nSPS) is 12.5. The number of hydrogen-bond donors (Lipinski definition) is 1. The number of pyridine rings is 1. The number of hydrogen-bond acceptors (Lipinski definition) is 4. The summed E-state index contributed by atoms with van der Waals surface area (Å²) >= 11 is 0. The van der Waals surface area contributed by atoms with Gasteiger partial charge in [0.2, 0.25) is 0 Å². The van der Waals surface area contributed by atoms with Gasteiger partial charge in [-0.1, -0.05) is 18.2 Å². The van der Waals surface area contributed by atoms with Gasteiger partial charge in [0.15, 0.2) is 0 Å². The first kappa shape index (κ1) is 12.7. The zero-order valence-corrected chi connectivity index (χ0v) is 11.5. The molecule has 0 spiro atoms. The highest BCUT2D eigenvalue weighted by Gasteiger charge is 2.21. The highest BCUT2D eigenvalue weighted by atomic mass is 16.5. The Labute approximate surface area is 117 Å². The van der Waals surface area contributed by atoms with E-state index in [1.165, 1.54) is 0 Å². The summed E-state index contributed by atoms with van der Waals surface area (Å²) in [7, 11) is 3.53. The molecule has 2 aromatic heterocycles. The molecule has 2 heterocycles. The van der Waals surface area contributed by atoms with Crippen molar-refractivity contribution in [3.05, 3.63) is 60.1 Å². The Balaban J connectivity index is 2.09. The van der Waals surface area contributed by atoms with Crippen LogP contribution in [-0.4, -0.2) is 19.1 Å². The maximum absolute atomic E-state index is 5.92. The average Bonchev–Trinajstić information content (AvgIpc) is 2.92. The number of nitrogens with zero attached hydrogens (tertiary/aromatic N) is 1. The molecule has 3 aromatic rings. The minimum atomic E-state index is -0.140. The van der Waals surface area contributed by atoms with Gasteiger partial charge in [0.1, 0.15) is 28.8 Å². The molecule has 0 radical (unpaired) electrons. The van der Waals surface area contributed by atoms with Crippen LogP contribution >= 0.6 is 0 Å². The minimum absolute atomic E-state index is 0.140. The molecule has 4 heteroatoms. The number of aromatic nitrogens is 1. The molecule has 0 amide bonds. The topological polar surface area (TPSA) is 47.3 Å². The molecule has 0 bridgehead atoms. The van der Waals surface area contributed by atoms with Gasteiger partial charge in [0.25, 0.3) is 0 Å². The Morgan fingerprint density at radius 3 is 2.80 bits per heavy atom. The van der Waals surface area contributed by atoms with Gasteiger partial charge < -0.3 is 14.5 Å². The third-order valence-corrected chi connectivity index (χ3v) is 3.31. The predicted molar refractivity (Wildman–Crippen MR) is 77.9 cm³/mol. The third-order valence-electron chi connectivity index (χ3n) is 3.31. The molecule has 0 aliphatic rings. The first-order valence-corrected chi connectivity index (χ1v) is 6.48. The molecule has 102 valence electrons. The van der Waals surface area contributed by atoms with Crippen LogP contribution in [0.1, 0.15) is 17.5 Å². The van der Waals surface area contributed by atoms with Crippen LogP contribution in [0, 0.1) is 0 Å². The molecular weight excluding hydrogens is 252 g/mol. The summed E-state index contributed by atoms with van der Waals surface area (Å²) in [5.74, 6) is 1.57. The van der Waals surface area contributed by atoms with E-state index in [4.69, 9.17) is 9.15 Å². The van der Waals surface area contributed by atoms with Crippen LogP contribution in [0.5, 0.6) is 5.75 Å². The van der Waals surface area contributed by atoms with E-state index in [9.17, 15) is 0 Å². The monoisotopic (exact) mass is 268 g/mol. The maximum atomic E-state index is 5.92. The van der Waals surface area contributed by atoms with Crippen LogP contribution in [0.4, 0.5) is 0 Å². The highest BCUT2D eigenvalue weighted by Crippen LogP contribution is 2.31. The van der Waals surface area contributed by atoms with Gasteiger partial charge in [-0.3, -0.25) is 4.98 Å². The Morgan fingerprint density at radius 1 is 1.20 bits per heavy atom. The highest BCUT2D eigenvalue weighted by molar-refractivity contribution is 5.78. The van der Waals surface area contributed by atoms with Crippen LogP contribution in [0.15, 0.2) is 53.1 Å². The summed E-state index contributed by atoms with van der Waals surface area (Å²) in [5, 5.41) is 4.32. The maximum Gasteiger partial charge on any atom is 0.142 e. The number of furan rings is 1. The quantitative estimate of drug-likeness (QED) is 0.789. The summed E-state index contributed by atoms with van der Waals surface area (Å²) in [6, 6.07) is 13.6. The summed E-state index contributed by atoms with van der Waals surface area (Å²) in [5.41, 5.74) is 1.69. The molecule has 1 N–H and O–H groups in total. The van der Waals surface area contributed by atoms with Crippen molar-refractivity contribution in [1.82, 2.24) is 10.3 Å². The average molecular weight is 268 g/mol. The molecule has 1 unspecified atom stereocenters. The van der Waals surface area contributed by atoms with Gasteiger partial charge in [-0.05, 0) is 31.3 Å². The van der Waals surface area contributed by atoms with E-state index < -0.39 is 0 Å². The molecule has 0 fully saturated rings. The standard InChI is InChI=1S/C16H16N2O2/c1-17-15(16-13(19-2)8-5-9-18-16)14-10-11-6-3-4-7-12(11)20-14/h3-10,15,17H,1-2H3. The molecule has 1 atom stereocenters. The molecule has 1 aromatic carbocycles. The van der Waals surface area contributed by atoms with Crippen molar-refractivity contribution < 1.29 is 9.15 Å². The lowest BCUT2D eigenvalue weighted by Crippen LogP contribution is -2.19. The summed E-state index contributed by atoms with van der Waals surface area (Å²) < 4.78 is 11.3. The fourth-order valence-electron chi connectivity index (χ4n) is 2.35. The number of nitrogens with one attached hydrogen (secondary N) is 1. The Morgan fingerprint density at radius 2 is 2.05 bits per heavy atom. The van der Waals surface area contributed by atoms with E-state index >= 15 is 0 Å². The van der Waals surface area contributed by atoms with Crippen LogP contribution in [0.25, 0.3) is 11.0 Å². The first-order chi connectivity index (χ1) is 9.83. The molecule has 4 nitrogen and oxygen atoms in total. The van der Waals surface area contributed by atoms with E-state index in [-0.39, 0.29) is 6.04 Å². The van der Waals surface area contributed by atoms with Crippen molar-refractivity contribution in [2.24, 2.45) is 0 Å². The second kappa shape index (κ2) is 5.35. The fourth-order valence-corrected chi connectivity index (χ4v) is 2.35. The van der Waals surface area contributed by atoms with E-state index in [0.717, 1.165) is 28.2 Å². The van der Waals surface area contributed by atoms with Crippen molar-refractivity contribution in [3.63, 3.8) is 0 Å². The summed E-state index contributed by atoms with van der Waals surface area (Å²) in [4.78, 5) is 4.42. The lowest BCUT2D eigenvalue weighted by atomic mass is 10.1. The van der Waals surface area contributed by atoms with Crippen molar-refractivity contribution in [3.8, 4) is 5.75 Å². The lowest BCUT2D eigenvalue weighted by Gasteiger charge is -2.15. The van der Waals surface area contributed by atoms with Crippen LogP contribution in [0.3, 0.4) is 0 Å². The van der Waals surface area contributed by atoms with Crippen molar-refractivity contribution in [1.29, 1.82) is 0 Å². The molecular formula is C16H16N2O2. The number of ether oxygens (including phenoxy) is 1. The summed E-state index contributed by atoms with van der Waals surface area (Å²) in [6.07, 6.45) is 1.75. The van der Waals surface area contributed by atoms with E-state index in [0.29, 0.717) is 0 Å². The van der Waals surface area contributed by atoms with Crippen LogP contribution < -0.4 is 10.1 Å².